The number of hydrogen-bond acceptors (Lipinski definition) is 5. The standard InChI is InChI=1S/C13H24O5/c1-10-13(18-10,9-16-3)7-11-12(14,8-15-2)5-4-6-17-11/h10-11,14H,4-9H2,1-3H3/t10-,11-,12-,13+/m1/s1. The van der Waals surface area contributed by atoms with Crippen LogP contribution in [-0.2, 0) is 18.9 Å². The first-order chi connectivity index (χ1) is 8.56. The highest BCUT2D eigenvalue weighted by Gasteiger charge is 2.57. The van der Waals surface area contributed by atoms with Crippen LogP contribution >= 0.6 is 0 Å². The van der Waals surface area contributed by atoms with Gasteiger partial charge in [-0.1, -0.05) is 0 Å². The molecule has 0 aromatic rings. The lowest BCUT2D eigenvalue weighted by Gasteiger charge is -2.40. The van der Waals surface area contributed by atoms with Crippen LogP contribution in [0.3, 0.4) is 0 Å². The maximum Gasteiger partial charge on any atom is 0.120 e. The molecule has 0 unspecified atom stereocenters. The van der Waals surface area contributed by atoms with Crippen LogP contribution in [0.15, 0.2) is 0 Å². The Hall–Kier alpha value is -0.200. The summed E-state index contributed by atoms with van der Waals surface area (Å²) in [5.41, 5.74) is -1.20. The van der Waals surface area contributed by atoms with Crippen LogP contribution in [0.4, 0.5) is 0 Å². The second kappa shape index (κ2) is 5.43. The normalized spacial score (nSPS) is 44.0. The van der Waals surface area contributed by atoms with Crippen LogP contribution in [0.25, 0.3) is 0 Å². The van der Waals surface area contributed by atoms with Gasteiger partial charge in [0.2, 0.25) is 0 Å². The Labute approximate surface area is 108 Å². The third kappa shape index (κ3) is 2.70. The molecule has 2 saturated heterocycles. The zero-order chi connectivity index (χ0) is 13.2. The molecular formula is C13H24O5. The first-order valence-electron chi connectivity index (χ1n) is 6.56. The van der Waals surface area contributed by atoms with Crippen LogP contribution in [-0.4, -0.2) is 62.6 Å². The van der Waals surface area contributed by atoms with E-state index in [0.29, 0.717) is 32.7 Å². The van der Waals surface area contributed by atoms with E-state index >= 15 is 0 Å². The van der Waals surface area contributed by atoms with Gasteiger partial charge in [0.25, 0.3) is 0 Å². The van der Waals surface area contributed by atoms with E-state index in [1.807, 2.05) is 6.92 Å². The Kier molecular flexibility index (Phi) is 4.29. The second-order valence-corrected chi connectivity index (χ2v) is 5.46. The Bertz CT molecular complexity index is 281. The SMILES string of the molecule is COC[C@]1(O)CCCO[C@@H]1C[C@@]1(COC)O[C@@H]1C. The summed E-state index contributed by atoms with van der Waals surface area (Å²) in [5.74, 6) is 0. The number of aliphatic hydroxyl groups is 1. The highest BCUT2D eigenvalue weighted by molar-refractivity contribution is 5.05. The van der Waals surface area contributed by atoms with E-state index in [2.05, 4.69) is 0 Å². The fourth-order valence-corrected chi connectivity index (χ4v) is 2.88. The summed E-state index contributed by atoms with van der Waals surface area (Å²) in [7, 11) is 3.27. The van der Waals surface area contributed by atoms with Crippen LogP contribution in [0, 0.1) is 0 Å². The highest BCUT2D eigenvalue weighted by Crippen LogP contribution is 2.44. The van der Waals surface area contributed by atoms with Crippen molar-refractivity contribution >= 4 is 0 Å². The zero-order valence-corrected chi connectivity index (χ0v) is 11.5. The van der Waals surface area contributed by atoms with Gasteiger partial charge in [0.15, 0.2) is 0 Å². The van der Waals surface area contributed by atoms with Crippen LogP contribution < -0.4 is 0 Å². The molecule has 5 heteroatoms. The van der Waals surface area contributed by atoms with Crippen molar-refractivity contribution in [1.29, 1.82) is 0 Å². The predicted octanol–water partition coefficient (Wildman–Crippen LogP) is 0.737. The molecule has 18 heavy (non-hydrogen) atoms. The monoisotopic (exact) mass is 260 g/mol. The van der Waals surface area contributed by atoms with Crippen molar-refractivity contribution in [3.63, 3.8) is 0 Å². The summed E-state index contributed by atoms with van der Waals surface area (Å²) in [5, 5.41) is 10.6. The zero-order valence-electron chi connectivity index (χ0n) is 11.5. The van der Waals surface area contributed by atoms with E-state index in [1.165, 1.54) is 0 Å². The molecule has 0 spiro atoms. The first-order valence-corrected chi connectivity index (χ1v) is 6.56. The topological polar surface area (TPSA) is 60.5 Å². The van der Waals surface area contributed by atoms with Crippen molar-refractivity contribution in [2.24, 2.45) is 0 Å². The molecule has 0 radical (unpaired) electrons. The molecule has 4 atom stereocenters. The van der Waals surface area contributed by atoms with E-state index in [4.69, 9.17) is 18.9 Å². The fraction of sp³-hybridized carbons (Fsp3) is 1.00. The first kappa shape index (κ1) is 14.2. The summed E-state index contributed by atoms with van der Waals surface area (Å²) in [6.07, 6.45) is 2.15. The molecule has 1 N–H and O–H groups in total. The summed E-state index contributed by atoms with van der Waals surface area (Å²) >= 11 is 0. The number of rotatable bonds is 6. The summed E-state index contributed by atoms with van der Waals surface area (Å²) in [6.45, 7) is 3.55. The Morgan fingerprint density at radius 3 is 2.50 bits per heavy atom. The van der Waals surface area contributed by atoms with Gasteiger partial charge in [-0.3, -0.25) is 0 Å². The van der Waals surface area contributed by atoms with Crippen molar-refractivity contribution in [1.82, 2.24) is 0 Å². The van der Waals surface area contributed by atoms with Crippen LogP contribution in [0.5, 0.6) is 0 Å². The van der Waals surface area contributed by atoms with E-state index in [0.717, 1.165) is 6.42 Å². The lowest BCUT2D eigenvalue weighted by molar-refractivity contribution is -0.176. The maximum atomic E-state index is 10.6. The molecule has 0 saturated carbocycles. The van der Waals surface area contributed by atoms with E-state index in [1.54, 1.807) is 14.2 Å². The van der Waals surface area contributed by atoms with Crippen LogP contribution in [0.1, 0.15) is 26.2 Å². The number of methoxy groups -OCH3 is 2. The molecule has 2 aliphatic rings. The maximum absolute atomic E-state index is 10.6. The lowest BCUT2D eigenvalue weighted by Crippen LogP contribution is -2.53. The summed E-state index contributed by atoms with van der Waals surface area (Å²) < 4.78 is 21.8. The van der Waals surface area contributed by atoms with Gasteiger partial charge >= 0.3 is 0 Å². The molecule has 2 heterocycles. The minimum Gasteiger partial charge on any atom is -0.385 e. The number of epoxide rings is 1. The molecule has 0 bridgehead atoms. The van der Waals surface area contributed by atoms with E-state index in [9.17, 15) is 5.11 Å². The number of ether oxygens (including phenoxy) is 4. The van der Waals surface area contributed by atoms with Gasteiger partial charge in [-0.2, -0.15) is 0 Å². The third-order valence-corrected chi connectivity index (χ3v) is 4.08. The molecule has 2 fully saturated rings. The molecule has 0 aromatic carbocycles. The fourth-order valence-electron chi connectivity index (χ4n) is 2.88. The highest BCUT2D eigenvalue weighted by atomic mass is 16.6. The van der Waals surface area contributed by atoms with Gasteiger partial charge in [0.1, 0.15) is 11.2 Å². The molecule has 106 valence electrons. The van der Waals surface area contributed by atoms with Crippen molar-refractivity contribution < 1.29 is 24.1 Å². The minimum absolute atomic E-state index is 0.162. The van der Waals surface area contributed by atoms with Gasteiger partial charge in [-0.25, -0.2) is 0 Å². The van der Waals surface area contributed by atoms with Crippen molar-refractivity contribution in [2.45, 2.75) is 49.6 Å². The van der Waals surface area contributed by atoms with Gasteiger partial charge in [-0.05, 0) is 19.8 Å². The second-order valence-electron chi connectivity index (χ2n) is 5.46. The van der Waals surface area contributed by atoms with E-state index in [-0.39, 0.29) is 17.8 Å². The molecule has 5 nitrogen and oxygen atoms in total. The molecule has 2 rings (SSSR count). The van der Waals surface area contributed by atoms with E-state index < -0.39 is 5.60 Å². The molecule has 0 amide bonds. The third-order valence-electron chi connectivity index (χ3n) is 4.08. The van der Waals surface area contributed by atoms with Crippen LogP contribution in [0.2, 0.25) is 0 Å². The number of hydrogen-bond donors (Lipinski definition) is 1. The quantitative estimate of drug-likeness (QED) is 0.714. The summed E-state index contributed by atoms with van der Waals surface area (Å²) in [4.78, 5) is 0. The van der Waals surface area contributed by atoms with Gasteiger partial charge in [0.05, 0.1) is 25.4 Å². The molecular weight excluding hydrogens is 236 g/mol. The van der Waals surface area contributed by atoms with Gasteiger partial charge in [0, 0.05) is 27.2 Å². The molecule has 2 aliphatic heterocycles. The Morgan fingerprint density at radius 1 is 1.28 bits per heavy atom. The van der Waals surface area contributed by atoms with Crippen molar-refractivity contribution in [2.75, 3.05) is 34.0 Å². The largest absolute Gasteiger partial charge is 0.385 e. The van der Waals surface area contributed by atoms with Gasteiger partial charge in [-0.15, -0.1) is 0 Å². The molecule has 0 aromatic heterocycles. The van der Waals surface area contributed by atoms with Gasteiger partial charge < -0.3 is 24.1 Å². The Balaban J connectivity index is 2.01. The minimum atomic E-state index is -0.903. The Morgan fingerprint density at radius 2 is 1.94 bits per heavy atom. The van der Waals surface area contributed by atoms with Crippen molar-refractivity contribution in [3.05, 3.63) is 0 Å². The summed E-state index contributed by atoms with van der Waals surface area (Å²) in [6, 6.07) is 0. The average Bonchev–Trinajstić information content (AvgIpc) is 2.93. The smallest absolute Gasteiger partial charge is 0.120 e. The molecule has 0 aliphatic carbocycles. The predicted molar refractivity (Wildman–Crippen MR) is 65.6 cm³/mol. The van der Waals surface area contributed by atoms with Crippen molar-refractivity contribution in [3.8, 4) is 0 Å². The average molecular weight is 260 g/mol. The lowest BCUT2D eigenvalue weighted by atomic mass is 9.83.